The summed E-state index contributed by atoms with van der Waals surface area (Å²) in [5, 5.41) is 2.66. The lowest BCUT2D eigenvalue weighted by atomic mass is 10.3. The van der Waals surface area contributed by atoms with Gasteiger partial charge in [-0.2, -0.15) is 0 Å². The topological polar surface area (TPSA) is 78.0 Å². The van der Waals surface area contributed by atoms with E-state index in [1.54, 1.807) is 30.9 Å². The summed E-state index contributed by atoms with van der Waals surface area (Å²) in [5.74, 6) is -0.444. The van der Waals surface area contributed by atoms with Crippen LogP contribution >= 0.6 is 15.9 Å². The van der Waals surface area contributed by atoms with Crippen molar-refractivity contribution in [3.05, 3.63) is 79.0 Å². The van der Waals surface area contributed by atoms with Gasteiger partial charge in [-0.3, -0.25) is 19.1 Å². The first-order chi connectivity index (χ1) is 12.8. The van der Waals surface area contributed by atoms with E-state index >= 15 is 0 Å². The van der Waals surface area contributed by atoms with Crippen LogP contribution in [0, 0.1) is 13.8 Å². The average Bonchev–Trinajstić information content (AvgIpc) is 2.83. The SMILES string of the molecule is Cc1cc(Br)c(=O)n(CC(=O)Nc2c(C)n(C)n(-c3ccccc3)c2=O)c1. The minimum absolute atomic E-state index is 0.182. The molecule has 0 aliphatic carbocycles. The summed E-state index contributed by atoms with van der Waals surface area (Å²) in [7, 11) is 1.75. The number of pyridine rings is 1. The number of nitrogens with zero attached hydrogens (tertiary/aromatic N) is 3. The van der Waals surface area contributed by atoms with Gasteiger partial charge in [0, 0.05) is 13.2 Å². The van der Waals surface area contributed by atoms with Crippen LogP contribution in [0.25, 0.3) is 5.69 Å². The van der Waals surface area contributed by atoms with Crippen molar-refractivity contribution in [2.45, 2.75) is 20.4 Å². The Bertz CT molecular complexity index is 1130. The maximum atomic E-state index is 12.8. The molecular formula is C19H19BrN4O3. The number of amides is 1. The Morgan fingerprint density at radius 1 is 1.11 bits per heavy atom. The molecule has 0 radical (unpaired) electrons. The van der Waals surface area contributed by atoms with Crippen molar-refractivity contribution in [2.24, 2.45) is 7.05 Å². The Hall–Kier alpha value is -2.87. The number of carbonyl (C=O) groups is 1. The molecule has 0 bridgehead atoms. The van der Waals surface area contributed by atoms with Gasteiger partial charge in [0.2, 0.25) is 5.91 Å². The molecule has 0 saturated heterocycles. The van der Waals surface area contributed by atoms with Gasteiger partial charge in [0.15, 0.2) is 0 Å². The van der Waals surface area contributed by atoms with E-state index in [1.807, 2.05) is 37.3 Å². The lowest BCUT2D eigenvalue weighted by Gasteiger charge is -2.08. The van der Waals surface area contributed by atoms with Crippen LogP contribution in [0.5, 0.6) is 0 Å². The fraction of sp³-hybridized carbons (Fsp3) is 0.211. The number of hydrogen-bond acceptors (Lipinski definition) is 3. The predicted molar refractivity (Wildman–Crippen MR) is 108 cm³/mol. The van der Waals surface area contributed by atoms with Crippen LogP contribution in [0.3, 0.4) is 0 Å². The third-order valence-electron chi connectivity index (χ3n) is 4.31. The highest BCUT2D eigenvalue weighted by atomic mass is 79.9. The Kier molecular flexibility index (Phi) is 5.18. The average molecular weight is 431 g/mol. The fourth-order valence-corrected chi connectivity index (χ4v) is 3.49. The summed E-state index contributed by atoms with van der Waals surface area (Å²) in [6.07, 6.45) is 1.60. The van der Waals surface area contributed by atoms with Crippen molar-refractivity contribution in [3.8, 4) is 5.69 Å². The summed E-state index contributed by atoms with van der Waals surface area (Å²) in [6, 6.07) is 10.9. The third-order valence-corrected chi connectivity index (χ3v) is 4.88. The first-order valence-electron chi connectivity index (χ1n) is 8.30. The molecule has 3 rings (SSSR count). The monoisotopic (exact) mass is 430 g/mol. The summed E-state index contributed by atoms with van der Waals surface area (Å²) in [4.78, 5) is 37.5. The molecule has 0 fully saturated rings. The van der Waals surface area contributed by atoms with Crippen molar-refractivity contribution in [3.63, 3.8) is 0 Å². The van der Waals surface area contributed by atoms with E-state index in [1.165, 1.54) is 9.25 Å². The van der Waals surface area contributed by atoms with Crippen LogP contribution in [-0.2, 0) is 18.4 Å². The van der Waals surface area contributed by atoms with Crippen LogP contribution in [0.2, 0.25) is 0 Å². The number of anilines is 1. The van der Waals surface area contributed by atoms with Crippen molar-refractivity contribution < 1.29 is 4.79 Å². The van der Waals surface area contributed by atoms with Crippen LogP contribution < -0.4 is 16.4 Å². The quantitative estimate of drug-likeness (QED) is 0.689. The summed E-state index contributed by atoms with van der Waals surface area (Å²) >= 11 is 3.19. The Morgan fingerprint density at radius 2 is 1.78 bits per heavy atom. The fourth-order valence-electron chi connectivity index (χ4n) is 2.90. The molecule has 2 aromatic heterocycles. The molecule has 3 aromatic rings. The van der Waals surface area contributed by atoms with Crippen LogP contribution in [-0.4, -0.2) is 19.8 Å². The van der Waals surface area contributed by atoms with Crippen molar-refractivity contribution in [2.75, 3.05) is 5.32 Å². The van der Waals surface area contributed by atoms with Crippen LogP contribution in [0.4, 0.5) is 5.69 Å². The van der Waals surface area contributed by atoms with Gasteiger partial charge >= 0.3 is 0 Å². The number of nitrogens with one attached hydrogen (secondary N) is 1. The van der Waals surface area contributed by atoms with E-state index in [0.29, 0.717) is 15.9 Å². The Labute approximate surface area is 164 Å². The van der Waals surface area contributed by atoms with Gasteiger partial charge < -0.3 is 9.88 Å². The lowest BCUT2D eigenvalue weighted by molar-refractivity contribution is -0.116. The first-order valence-corrected chi connectivity index (χ1v) is 9.09. The number of halogens is 1. The Morgan fingerprint density at radius 3 is 2.44 bits per heavy atom. The number of carbonyl (C=O) groups excluding carboxylic acids is 1. The molecule has 0 aliphatic heterocycles. The van der Waals surface area contributed by atoms with Gasteiger partial charge in [-0.15, -0.1) is 0 Å². The van der Waals surface area contributed by atoms with Gasteiger partial charge in [-0.25, -0.2) is 4.68 Å². The number of hydrogen-bond donors (Lipinski definition) is 1. The van der Waals surface area contributed by atoms with Crippen LogP contribution in [0.15, 0.2) is 56.7 Å². The lowest BCUT2D eigenvalue weighted by Crippen LogP contribution is -2.29. The molecule has 1 N–H and O–H groups in total. The molecular weight excluding hydrogens is 412 g/mol. The molecule has 2 heterocycles. The van der Waals surface area contributed by atoms with Gasteiger partial charge in [0.1, 0.15) is 12.2 Å². The Balaban J connectivity index is 1.92. The van der Waals surface area contributed by atoms with E-state index < -0.39 is 5.91 Å². The zero-order valence-electron chi connectivity index (χ0n) is 15.2. The van der Waals surface area contributed by atoms with E-state index in [2.05, 4.69) is 21.2 Å². The third kappa shape index (κ3) is 3.66. The second kappa shape index (κ2) is 7.40. The first kappa shape index (κ1) is 18.9. The molecule has 7 nitrogen and oxygen atoms in total. The minimum atomic E-state index is -0.444. The number of aromatic nitrogens is 3. The molecule has 1 amide bonds. The highest BCUT2D eigenvalue weighted by Gasteiger charge is 2.18. The number of benzene rings is 1. The molecule has 0 unspecified atom stereocenters. The van der Waals surface area contributed by atoms with Gasteiger partial charge in [0.25, 0.3) is 11.1 Å². The number of aryl methyl sites for hydroxylation is 1. The highest BCUT2D eigenvalue weighted by Crippen LogP contribution is 2.14. The highest BCUT2D eigenvalue weighted by molar-refractivity contribution is 9.10. The zero-order valence-corrected chi connectivity index (χ0v) is 16.8. The normalized spacial score (nSPS) is 10.8. The number of rotatable bonds is 4. The van der Waals surface area contributed by atoms with Gasteiger partial charge in [-0.1, -0.05) is 18.2 Å². The molecule has 0 spiro atoms. The molecule has 140 valence electrons. The predicted octanol–water partition coefficient (Wildman–Crippen LogP) is 2.36. The van der Waals surface area contributed by atoms with Crippen molar-refractivity contribution in [1.82, 2.24) is 13.9 Å². The van der Waals surface area contributed by atoms with E-state index in [-0.39, 0.29) is 23.4 Å². The molecule has 0 aliphatic rings. The van der Waals surface area contributed by atoms with Crippen molar-refractivity contribution in [1.29, 1.82) is 0 Å². The zero-order chi connectivity index (χ0) is 19.7. The maximum absolute atomic E-state index is 12.8. The van der Waals surface area contributed by atoms with E-state index in [4.69, 9.17) is 0 Å². The van der Waals surface area contributed by atoms with Crippen LogP contribution in [0.1, 0.15) is 11.3 Å². The standard InChI is InChI=1S/C19H19BrN4O3/c1-12-9-15(20)18(26)23(10-12)11-16(25)21-17-13(2)22(3)24(19(17)27)14-7-5-4-6-8-14/h4-10H,11H2,1-3H3,(H,21,25). The molecule has 0 atom stereocenters. The molecule has 27 heavy (non-hydrogen) atoms. The molecule has 8 heteroatoms. The van der Waals surface area contributed by atoms with E-state index in [9.17, 15) is 14.4 Å². The van der Waals surface area contributed by atoms with Gasteiger partial charge in [-0.05, 0) is 53.5 Å². The number of para-hydroxylation sites is 1. The van der Waals surface area contributed by atoms with Gasteiger partial charge in [0.05, 0.1) is 15.9 Å². The molecule has 0 saturated carbocycles. The second-order valence-corrected chi connectivity index (χ2v) is 7.14. The second-order valence-electron chi connectivity index (χ2n) is 6.28. The smallest absolute Gasteiger partial charge is 0.295 e. The largest absolute Gasteiger partial charge is 0.318 e. The summed E-state index contributed by atoms with van der Waals surface area (Å²) in [5.41, 5.74) is 1.74. The van der Waals surface area contributed by atoms with Crippen molar-refractivity contribution >= 4 is 27.5 Å². The summed E-state index contributed by atoms with van der Waals surface area (Å²) < 4.78 is 4.86. The van der Waals surface area contributed by atoms with E-state index in [0.717, 1.165) is 5.56 Å². The minimum Gasteiger partial charge on any atom is -0.318 e. The molecule has 1 aromatic carbocycles. The summed E-state index contributed by atoms with van der Waals surface area (Å²) in [6.45, 7) is 3.41. The maximum Gasteiger partial charge on any atom is 0.295 e.